The number of rotatable bonds is 8. The summed E-state index contributed by atoms with van der Waals surface area (Å²) in [5, 5.41) is 14.6. The molecule has 4 rings (SSSR count). The van der Waals surface area contributed by atoms with Crippen molar-refractivity contribution in [1.82, 2.24) is 19.5 Å². The summed E-state index contributed by atoms with van der Waals surface area (Å²) in [7, 11) is -5.36. The van der Waals surface area contributed by atoms with E-state index < -0.39 is 46.2 Å². The molecule has 3 aromatic rings. The van der Waals surface area contributed by atoms with Gasteiger partial charge in [-0.3, -0.25) is 0 Å². The average Bonchev–Trinajstić information content (AvgIpc) is 3.39. The van der Waals surface area contributed by atoms with E-state index >= 15 is 0 Å². The van der Waals surface area contributed by atoms with E-state index in [0.29, 0.717) is 23.9 Å². The molecule has 11 nitrogen and oxygen atoms in total. The number of pyridine rings is 1. The fraction of sp³-hybridized carbons (Fsp3) is 0.476. The zero-order chi connectivity index (χ0) is 27.2. The van der Waals surface area contributed by atoms with E-state index in [0.717, 1.165) is 12.3 Å². The second-order valence-corrected chi connectivity index (χ2v) is 17.5. The summed E-state index contributed by atoms with van der Waals surface area (Å²) in [5.74, 6) is 0. The van der Waals surface area contributed by atoms with Crippen LogP contribution in [0.2, 0.25) is 25.7 Å². The molecule has 3 aromatic heterocycles. The minimum Gasteiger partial charge on any atom is -0.361 e. The predicted octanol–water partition coefficient (Wildman–Crippen LogP) is 5.23. The quantitative estimate of drug-likeness (QED) is 0.212. The van der Waals surface area contributed by atoms with Crippen molar-refractivity contribution in [3.8, 4) is 11.3 Å². The van der Waals surface area contributed by atoms with Crippen LogP contribution in [-0.2, 0) is 33.1 Å². The van der Waals surface area contributed by atoms with Crippen molar-refractivity contribution in [3.63, 3.8) is 0 Å². The molecule has 4 heterocycles. The molecule has 0 N–H and O–H groups in total. The van der Waals surface area contributed by atoms with Gasteiger partial charge in [-0.05, 0) is 35.5 Å². The van der Waals surface area contributed by atoms with E-state index in [-0.39, 0.29) is 17.9 Å². The van der Waals surface area contributed by atoms with Crippen LogP contribution in [0, 0.1) is 0 Å². The van der Waals surface area contributed by atoms with E-state index in [4.69, 9.17) is 4.74 Å². The van der Waals surface area contributed by atoms with Crippen LogP contribution in [0.3, 0.4) is 0 Å². The van der Waals surface area contributed by atoms with Gasteiger partial charge in [0.2, 0.25) is 20.7 Å². The first kappa shape index (κ1) is 26.9. The smallest absolute Gasteiger partial charge is 0.361 e. The third kappa shape index (κ3) is 5.75. The van der Waals surface area contributed by atoms with Crippen LogP contribution in [0.15, 0.2) is 50.4 Å². The standard InChI is InChI=1S/C21H25F3N8O3SSi/c1-20(28-30-31-29-20)16-7-6-13-14(11-32(18(13)26-16)12-35-8-9-37(3,4)5)17-15(21(22,23)24)10-25-19(27-17)36(2,33)34/h6-7,10-11H,8-9,12H2,1-5H3. The van der Waals surface area contributed by atoms with Gasteiger partial charge in [-0.1, -0.05) is 19.6 Å². The molecule has 0 aromatic carbocycles. The highest BCUT2D eigenvalue weighted by Crippen LogP contribution is 2.40. The third-order valence-corrected chi connectivity index (χ3v) is 8.18. The fourth-order valence-electron chi connectivity index (χ4n) is 3.55. The molecule has 0 radical (unpaired) electrons. The number of halogens is 3. The third-order valence-electron chi connectivity index (χ3n) is 5.61. The van der Waals surface area contributed by atoms with Crippen LogP contribution in [-0.4, -0.2) is 48.9 Å². The Morgan fingerprint density at radius 3 is 2.38 bits per heavy atom. The summed E-state index contributed by atoms with van der Waals surface area (Å²) in [6.07, 6.45) is -2.11. The monoisotopic (exact) mass is 554 g/mol. The van der Waals surface area contributed by atoms with Gasteiger partial charge in [0.15, 0.2) is 0 Å². The maximum Gasteiger partial charge on any atom is 0.419 e. The lowest BCUT2D eigenvalue weighted by molar-refractivity contribution is -0.137. The number of nitrogens with zero attached hydrogens (tertiary/aromatic N) is 8. The maximum absolute atomic E-state index is 13.9. The van der Waals surface area contributed by atoms with Crippen molar-refractivity contribution in [2.24, 2.45) is 20.7 Å². The number of aromatic nitrogens is 4. The highest BCUT2D eigenvalue weighted by molar-refractivity contribution is 7.90. The van der Waals surface area contributed by atoms with E-state index in [1.165, 1.54) is 6.20 Å². The van der Waals surface area contributed by atoms with E-state index in [9.17, 15) is 21.6 Å². The SMILES string of the molecule is CC1(c2ccc3c(-c4nc(S(C)(=O)=O)ncc4C(F)(F)F)cn(COCC[Si](C)(C)C)c3n2)N=NN=N1. The summed E-state index contributed by atoms with van der Waals surface area (Å²) >= 11 is 0. The molecular formula is C21H25F3N8O3SSi. The molecule has 1 aliphatic heterocycles. The summed E-state index contributed by atoms with van der Waals surface area (Å²) in [6.45, 7) is 8.71. The van der Waals surface area contributed by atoms with Gasteiger partial charge in [0.1, 0.15) is 17.9 Å². The van der Waals surface area contributed by atoms with E-state index in [2.05, 4.69) is 55.3 Å². The first-order chi connectivity index (χ1) is 17.1. The van der Waals surface area contributed by atoms with Gasteiger partial charge in [-0.2, -0.15) is 13.2 Å². The van der Waals surface area contributed by atoms with E-state index in [1.807, 2.05) is 0 Å². The number of hydrogen-bond acceptors (Lipinski definition) is 10. The predicted molar refractivity (Wildman–Crippen MR) is 130 cm³/mol. The van der Waals surface area contributed by atoms with Crippen molar-refractivity contribution >= 4 is 28.9 Å². The van der Waals surface area contributed by atoms with E-state index in [1.54, 1.807) is 23.6 Å². The number of sulfone groups is 1. The van der Waals surface area contributed by atoms with Crippen molar-refractivity contribution < 1.29 is 26.3 Å². The maximum atomic E-state index is 13.9. The van der Waals surface area contributed by atoms with Crippen molar-refractivity contribution in [2.45, 2.75) is 56.3 Å². The van der Waals surface area contributed by atoms with Crippen LogP contribution < -0.4 is 0 Å². The van der Waals surface area contributed by atoms with Gasteiger partial charge in [0.05, 0.1) is 11.4 Å². The fourth-order valence-corrected chi connectivity index (χ4v) is 4.81. The minimum absolute atomic E-state index is 0.00253. The van der Waals surface area contributed by atoms with Gasteiger partial charge in [-0.15, -0.1) is 10.2 Å². The number of hydrogen-bond donors (Lipinski definition) is 0. The Kier molecular flexibility index (Phi) is 6.79. The number of fused-ring (bicyclic) bond motifs is 1. The van der Waals surface area contributed by atoms with Crippen molar-refractivity contribution in [3.05, 3.63) is 35.8 Å². The summed E-state index contributed by atoms with van der Waals surface area (Å²) in [6, 6.07) is 4.00. The second kappa shape index (κ2) is 9.32. The molecule has 198 valence electrons. The zero-order valence-corrected chi connectivity index (χ0v) is 22.6. The largest absolute Gasteiger partial charge is 0.419 e. The van der Waals surface area contributed by atoms with Crippen LogP contribution in [0.1, 0.15) is 18.2 Å². The Bertz CT molecular complexity index is 1500. The molecule has 0 spiro atoms. The number of alkyl halides is 3. The van der Waals surface area contributed by atoms with Crippen LogP contribution in [0.5, 0.6) is 0 Å². The average molecular weight is 555 g/mol. The molecule has 0 saturated heterocycles. The first-order valence-corrected chi connectivity index (χ1v) is 16.8. The lowest BCUT2D eigenvalue weighted by Crippen LogP contribution is -2.22. The van der Waals surface area contributed by atoms with Crippen molar-refractivity contribution in [1.29, 1.82) is 0 Å². The second-order valence-electron chi connectivity index (χ2n) is 10.0. The van der Waals surface area contributed by atoms with Gasteiger partial charge in [-0.25, -0.2) is 23.4 Å². The van der Waals surface area contributed by atoms with Gasteiger partial charge in [0.25, 0.3) is 0 Å². The summed E-state index contributed by atoms with van der Waals surface area (Å²) in [5.41, 5.74) is -2.25. The van der Waals surface area contributed by atoms with Gasteiger partial charge < -0.3 is 9.30 Å². The summed E-state index contributed by atoms with van der Waals surface area (Å²) < 4.78 is 73.3. The highest BCUT2D eigenvalue weighted by atomic mass is 32.2. The van der Waals surface area contributed by atoms with Crippen LogP contribution in [0.25, 0.3) is 22.3 Å². The topological polar surface area (TPSA) is 136 Å². The lowest BCUT2D eigenvalue weighted by atomic mass is 10.1. The van der Waals surface area contributed by atoms with Crippen LogP contribution in [0.4, 0.5) is 13.2 Å². The van der Waals surface area contributed by atoms with Gasteiger partial charge in [0, 0.05) is 44.3 Å². The molecular weight excluding hydrogens is 529 g/mol. The molecule has 0 atom stereocenters. The zero-order valence-electron chi connectivity index (χ0n) is 20.8. The van der Waals surface area contributed by atoms with Gasteiger partial charge >= 0.3 is 6.18 Å². The molecule has 37 heavy (non-hydrogen) atoms. The normalized spacial score (nSPS) is 15.7. The highest BCUT2D eigenvalue weighted by Gasteiger charge is 2.37. The molecule has 16 heteroatoms. The lowest BCUT2D eigenvalue weighted by Gasteiger charge is -2.16. The number of ether oxygens (including phenoxy) is 1. The Hall–Kier alpha value is -3.11. The molecule has 0 amide bonds. The molecule has 0 bridgehead atoms. The summed E-state index contributed by atoms with van der Waals surface area (Å²) in [4.78, 5) is 11.9. The Labute approximate surface area is 211 Å². The van der Waals surface area contributed by atoms with Crippen molar-refractivity contribution in [2.75, 3.05) is 12.9 Å². The molecule has 1 aliphatic rings. The molecule has 0 fully saturated rings. The molecule has 0 unspecified atom stereocenters. The Morgan fingerprint density at radius 2 is 1.78 bits per heavy atom. The molecule has 0 aliphatic carbocycles. The first-order valence-electron chi connectivity index (χ1n) is 11.2. The molecule has 0 saturated carbocycles. The Morgan fingerprint density at radius 1 is 1.11 bits per heavy atom. The van der Waals surface area contributed by atoms with Crippen LogP contribution >= 0.6 is 0 Å². The minimum atomic E-state index is -4.83. The Balaban J connectivity index is 1.89.